The van der Waals surface area contributed by atoms with E-state index in [0.29, 0.717) is 0 Å². The summed E-state index contributed by atoms with van der Waals surface area (Å²) in [6.45, 7) is 1.85. The minimum absolute atomic E-state index is 0.00339. The molecule has 2 heterocycles. The van der Waals surface area contributed by atoms with Gasteiger partial charge in [0.05, 0.1) is 6.61 Å². The normalized spacial score (nSPS) is 27.2. The van der Waals surface area contributed by atoms with Crippen molar-refractivity contribution >= 4 is 23.5 Å². The Kier molecular flexibility index (Phi) is 8.37. The van der Waals surface area contributed by atoms with E-state index in [1.165, 1.54) is 13.8 Å². The van der Waals surface area contributed by atoms with E-state index in [-0.39, 0.29) is 17.1 Å². The molecular formula is C13H19N2O14P3. The molecule has 0 bridgehead atoms. The van der Waals surface area contributed by atoms with E-state index in [1.807, 2.05) is 0 Å². The number of phosphoric acid groups is 3. The highest BCUT2D eigenvalue weighted by Crippen LogP contribution is 2.66. The number of aryl methyl sites for hydroxylation is 1. The molecule has 0 spiro atoms. The molecule has 3 unspecified atom stereocenters. The fraction of sp³-hybridized carbons (Fsp3) is 0.538. The average molecular weight is 520 g/mol. The molecule has 0 aliphatic carbocycles. The van der Waals surface area contributed by atoms with E-state index in [9.17, 15) is 33.6 Å². The zero-order valence-electron chi connectivity index (χ0n) is 16.3. The minimum Gasteiger partial charge on any atom is -0.387 e. The molecule has 1 saturated heterocycles. The number of H-pyrrole nitrogens is 1. The largest absolute Gasteiger partial charge is 0.490 e. The van der Waals surface area contributed by atoms with Crippen LogP contribution in [0.3, 0.4) is 0 Å². The van der Waals surface area contributed by atoms with Crippen molar-refractivity contribution in [2.45, 2.75) is 38.3 Å². The summed E-state index contributed by atoms with van der Waals surface area (Å²) in [5, 5.41) is 20.5. The third-order valence-corrected chi connectivity index (χ3v) is 7.61. The van der Waals surface area contributed by atoms with Crippen molar-refractivity contribution < 1.29 is 61.4 Å². The summed E-state index contributed by atoms with van der Waals surface area (Å²) in [5.41, 5.74) is -0.593. The zero-order chi connectivity index (χ0) is 24.5. The topological polar surface area (TPSA) is 255 Å². The van der Waals surface area contributed by atoms with E-state index in [4.69, 9.17) is 19.4 Å². The molecule has 0 saturated carbocycles. The van der Waals surface area contributed by atoms with Crippen molar-refractivity contribution in [2.75, 3.05) is 6.61 Å². The lowest BCUT2D eigenvalue weighted by atomic mass is 10.0. The van der Waals surface area contributed by atoms with E-state index < -0.39 is 60.1 Å². The van der Waals surface area contributed by atoms with Gasteiger partial charge in [0, 0.05) is 0 Å². The van der Waals surface area contributed by atoms with Crippen LogP contribution in [-0.4, -0.2) is 64.7 Å². The third kappa shape index (κ3) is 7.11. The first-order chi connectivity index (χ1) is 14.6. The number of hydrogen-bond acceptors (Lipinski definition) is 11. The molecule has 1 aliphatic heterocycles. The number of aromatic nitrogens is 2. The predicted octanol–water partition coefficient (Wildman–Crippen LogP) is -1.05. The molecule has 32 heavy (non-hydrogen) atoms. The van der Waals surface area contributed by atoms with Crippen LogP contribution < -0.4 is 5.56 Å². The Balaban J connectivity index is 2.16. The van der Waals surface area contributed by atoms with Crippen molar-refractivity contribution in [2.24, 2.45) is 0 Å². The second-order valence-corrected chi connectivity index (χ2v) is 10.7. The monoisotopic (exact) mass is 520 g/mol. The quantitative estimate of drug-likeness (QED) is 0.159. The van der Waals surface area contributed by atoms with Gasteiger partial charge in [-0.25, -0.2) is 18.7 Å². The molecular weight excluding hydrogens is 501 g/mol. The maximum atomic E-state index is 11.8. The summed E-state index contributed by atoms with van der Waals surface area (Å²) in [5.74, 6) is 5.08. The van der Waals surface area contributed by atoms with Crippen LogP contribution in [0, 0.1) is 18.8 Å². The molecule has 1 aromatic heterocycles. The average Bonchev–Trinajstić information content (AvgIpc) is 2.88. The van der Waals surface area contributed by atoms with Gasteiger partial charge in [-0.1, -0.05) is 5.92 Å². The molecule has 19 heteroatoms. The molecule has 180 valence electrons. The lowest BCUT2D eigenvalue weighted by molar-refractivity contribution is -0.0236. The van der Waals surface area contributed by atoms with Crippen LogP contribution >= 0.6 is 23.5 Å². The van der Waals surface area contributed by atoms with Gasteiger partial charge < -0.3 is 39.5 Å². The molecule has 7 N–H and O–H groups in total. The first-order valence-corrected chi connectivity index (χ1v) is 12.9. The number of ether oxygens (including phenoxy) is 1. The van der Waals surface area contributed by atoms with E-state index in [1.54, 1.807) is 0 Å². The number of nitrogens with zero attached hydrogens (tertiary/aromatic N) is 1. The van der Waals surface area contributed by atoms with Crippen molar-refractivity contribution in [3.63, 3.8) is 0 Å². The van der Waals surface area contributed by atoms with Crippen LogP contribution in [0.5, 0.6) is 0 Å². The maximum absolute atomic E-state index is 11.8. The van der Waals surface area contributed by atoms with E-state index in [0.717, 1.165) is 0 Å². The van der Waals surface area contributed by atoms with Gasteiger partial charge in [-0.3, -0.25) is 9.32 Å². The smallest absolute Gasteiger partial charge is 0.387 e. The first kappa shape index (κ1) is 27.0. The second kappa shape index (κ2) is 9.92. The van der Waals surface area contributed by atoms with Crippen LogP contribution in [0.4, 0.5) is 0 Å². The van der Waals surface area contributed by atoms with Gasteiger partial charge in [0.1, 0.15) is 41.5 Å². The Hall–Kier alpha value is -1.27. The fourth-order valence-corrected chi connectivity index (χ4v) is 5.59. The molecule has 1 fully saturated rings. The second-order valence-electron chi connectivity index (χ2n) is 6.25. The van der Waals surface area contributed by atoms with Crippen LogP contribution in [0.15, 0.2) is 4.79 Å². The molecule has 0 amide bonds. The molecule has 6 atom stereocenters. The molecule has 16 nitrogen and oxygen atoms in total. The minimum atomic E-state index is -5.72. The molecule has 2 rings (SSSR count). The lowest BCUT2D eigenvalue weighted by Crippen LogP contribution is -2.33. The summed E-state index contributed by atoms with van der Waals surface area (Å²) in [7, 11) is -16.7. The fourth-order valence-electron chi connectivity index (χ4n) is 2.56. The summed E-state index contributed by atoms with van der Waals surface area (Å²) >= 11 is 0. The Morgan fingerprint density at radius 3 is 2.28 bits per heavy atom. The number of aromatic amines is 1. The van der Waals surface area contributed by atoms with Crippen molar-refractivity contribution in [3.8, 4) is 11.8 Å². The highest BCUT2D eigenvalue weighted by molar-refractivity contribution is 7.66. The van der Waals surface area contributed by atoms with Crippen molar-refractivity contribution in [1.29, 1.82) is 0 Å². The summed E-state index contributed by atoms with van der Waals surface area (Å²) in [4.78, 5) is 53.8. The predicted molar refractivity (Wildman–Crippen MR) is 102 cm³/mol. The Morgan fingerprint density at radius 2 is 1.72 bits per heavy atom. The SMILES string of the molecule is CC#Cc1[nH]c(=O)c(C)nc1[C@@H]1O[C@H](COP(=O)(O)OP(=O)(O)OP(=O)(O)O)C(O)[C@@H]1O. The zero-order valence-corrected chi connectivity index (χ0v) is 18.9. The number of aliphatic hydroxyl groups excluding tert-OH is 2. The molecule has 1 aromatic rings. The van der Waals surface area contributed by atoms with Crippen molar-refractivity contribution in [1.82, 2.24) is 9.97 Å². The van der Waals surface area contributed by atoms with E-state index in [2.05, 4.69) is 35.0 Å². The summed E-state index contributed by atoms with van der Waals surface area (Å²) < 4.78 is 50.7. The van der Waals surface area contributed by atoms with Gasteiger partial charge >= 0.3 is 23.5 Å². The summed E-state index contributed by atoms with van der Waals surface area (Å²) in [6.07, 6.45) is -6.23. The third-order valence-electron chi connectivity index (χ3n) is 3.81. The molecule has 0 aromatic carbocycles. The van der Waals surface area contributed by atoms with Crippen LogP contribution in [0.1, 0.15) is 30.1 Å². The van der Waals surface area contributed by atoms with Gasteiger partial charge in [0.15, 0.2) is 0 Å². The standard InChI is InChI=1S/C13H19N2O14P3/c1-3-4-7-9(14-6(2)13(18)15-7)12-11(17)10(16)8(27-12)5-26-31(22,23)29-32(24,25)28-30(19,20)21/h8,10-12,16-17H,5H2,1-2H3,(H,15,18)(H,22,23)(H,24,25)(H2,19,20,21)/t8-,10?,11+,12+/m1/s1. The number of phosphoric ester groups is 1. The van der Waals surface area contributed by atoms with Gasteiger partial charge in [-0.2, -0.15) is 8.62 Å². The number of hydrogen-bond donors (Lipinski definition) is 7. The van der Waals surface area contributed by atoms with Gasteiger partial charge in [-0.15, -0.1) is 0 Å². The van der Waals surface area contributed by atoms with Gasteiger partial charge in [0.25, 0.3) is 5.56 Å². The highest BCUT2D eigenvalue weighted by atomic mass is 31.3. The van der Waals surface area contributed by atoms with Gasteiger partial charge in [-0.05, 0) is 19.8 Å². The van der Waals surface area contributed by atoms with Crippen LogP contribution in [0.25, 0.3) is 0 Å². The number of rotatable bonds is 8. The lowest BCUT2D eigenvalue weighted by Gasteiger charge is -2.19. The maximum Gasteiger partial charge on any atom is 0.490 e. The molecule has 0 radical (unpaired) electrons. The van der Waals surface area contributed by atoms with Crippen LogP contribution in [0.2, 0.25) is 0 Å². The number of nitrogens with one attached hydrogen (secondary N) is 1. The molecule has 1 aliphatic rings. The van der Waals surface area contributed by atoms with Crippen LogP contribution in [-0.2, 0) is 31.6 Å². The first-order valence-electron chi connectivity index (χ1n) is 8.39. The highest BCUT2D eigenvalue weighted by Gasteiger charge is 2.47. The van der Waals surface area contributed by atoms with E-state index >= 15 is 0 Å². The number of aliphatic hydroxyl groups is 2. The Bertz CT molecular complexity index is 1120. The Labute approximate surface area is 179 Å². The Morgan fingerprint density at radius 1 is 1.09 bits per heavy atom. The summed E-state index contributed by atoms with van der Waals surface area (Å²) in [6, 6.07) is 0. The van der Waals surface area contributed by atoms with Gasteiger partial charge in [0.2, 0.25) is 0 Å². The van der Waals surface area contributed by atoms with Crippen molar-refractivity contribution in [3.05, 3.63) is 27.4 Å².